The molecule has 0 aromatic heterocycles. The van der Waals surface area contributed by atoms with Crippen molar-refractivity contribution in [3.63, 3.8) is 0 Å². The van der Waals surface area contributed by atoms with Crippen molar-refractivity contribution < 1.29 is 18.8 Å². The quantitative estimate of drug-likeness (QED) is 0.185. The summed E-state index contributed by atoms with van der Waals surface area (Å²) in [4.78, 5) is 16.0. The number of carbonyl (C=O) groups excluding carboxylic acids is 1. The number of esters is 1. The molecule has 0 heterocycles. The summed E-state index contributed by atoms with van der Waals surface area (Å²) in [5, 5.41) is 4.39. The average Bonchev–Trinajstić information content (AvgIpc) is 2.42. The molecule has 5 nitrogen and oxygen atoms in total. The maximum Gasteiger partial charge on any atom is 0.302 e. The van der Waals surface area contributed by atoms with Gasteiger partial charge in [0.25, 0.3) is 0 Å². The van der Waals surface area contributed by atoms with Gasteiger partial charge in [0, 0.05) is 18.9 Å². The Labute approximate surface area is 149 Å². The van der Waals surface area contributed by atoms with Crippen molar-refractivity contribution >= 4 is 20.0 Å². The third-order valence-corrected chi connectivity index (χ3v) is 9.23. The summed E-state index contributed by atoms with van der Waals surface area (Å²) in [6.07, 6.45) is 2.77. The molecule has 0 bridgehead atoms. The van der Waals surface area contributed by atoms with Gasteiger partial charge < -0.3 is 14.0 Å². The standard InChI is InChI=1S/C18H37NO4Si/c1-15(20)22-14-18(5,6)16(19-21-7)12-10-11-13-23-24(8,9)17(2,3)4/h10-14H2,1-9H3/b19-16+. The maximum absolute atomic E-state index is 11.0. The number of unbranched alkanes of at least 4 members (excludes halogenated alkanes) is 1. The molecule has 24 heavy (non-hydrogen) atoms. The number of oxime groups is 1. The zero-order valence-electron chi connectivity index (χ0n) is 17.1. The predicted octanol–water partition coefficient (Wildman–Crippen LogP) is 4.77. The molecule has 0 saturated heterocycles. The number of carbonyl (C=O) groups is 1. The molecule has 0 N–H and O–H groups in total. The Bertz CT molecular complexity index is 425. The third-order valence-electron chi connectivity index (χ3n) is 4.70. The van der Waals surface area contributed by atoms with E-state index in [0.29, 0.717) is 6.61 Å². The van der Waals surface area contributed by atoms with Crippen LogP contribution in [0.25, 0.3) is 0 Å². The molecule has 0 atom stereocenters. The minimum absolute atomic E-state index is 0.238. The van der Waals surface area contributed by atoms with E-state index in [2.05, 4.69) is 39.0 Å². The molecule has 6 heteroatoms. The van der Waals surface area contributed by atoms with E-state index in [1.54, 1.807) is 7.11 Å². The van der Waals surface area contributed by atoms with Crippen molar-refractivity contribution in [2.75, 3.05) is 20.3 Å². The van der Waals surface area contributed by atoms with E-state index >= 15 is 0 Å². The van der Waals surface area contributed by atoms with Crippen LogP contribution in [0.5, 0.6) is 0 Å². The smallest absolute Gasteiger partial charge is 0.302 e. The molecule has 0 aromatic carbocycles. The maximum atomic E-state index is 11.0. The summed E-state index contributed by atoms with van der Waals surface area (Å²) in [6.45, 7) is 17.8. The fourth-order valence-corrected chi connectivity index (χ4v) is 3.01. The van der Waals surface area contributed by atoms with Crippen LogP contribution in [0, 0.1) is 5.41 Å². The zero-order valence-corrected chi connectivity index (χ0v) is 18.1. The van der Waals surface area contributed by atoms with Gasteiger partial charge in [-0.15, -0.1) is 0 Å². The first-order valence-corrected chi connectivity index (χ1v) is 11.6. The molecular formula is C18H37NO4Si. The van der Waals surface area contributed by atoms with Crippen molar-refractivity contribution in [3.8, 4) is 0 Å². The van der Waals surface area contributed by atoms with Crippen LogP contribution in [-0.4, -0.2) is 40.3 Å². The van der Waals surface area contributed by atoms with Gasteiger partial charge in [-0.3, -0.25) is 4.79 Å². The molecule has 0 aromatic rings. The first-order chi connectivity index (χ1) is 10.8. The second-order valence-electron chi connectivity index (χ2n) is 8.45. The van der Waals surface area contributed by atoms with E-state index in [4.69, 9.17) is 14.0 Å². The summed E-state index contributed by atoms with van der Waals surface area (Å²) < 4.78 is 11.3. The topological polar surface area (TPSA) is 57.1 Å². The first-order valence-electron chi connectivity index (χ1n) is 8.71. The Morgan fingerprint density at radius 1 is 1.08 bits per heavy atom. The van der Waals surface area contributed by atoms with Crippen LogP contribution in [0.15, 0.2) is 5.16 Å². The van der Waals surface area contributed by atoms with Crippen molar-refractivity contribution in [1.29, 1.82) is 0 Å². The molecule has 0 saturated carbocycles. The minimum atomic E-state index is -1.67. The fourth-order valence-electron chi connectivity index (χ4n) is 1.92. The SMILES string of the molecule is CO/N=C(\CCCCO[Si](C)(C)C(C)(C)C)C(C)(C)COC(C)=O. The molecule has 0 aliphatic carbocycles. The monoisotopic (exact) mass is 359 g/mol. The molecule has 0 unspecified atom stereocenters. The Kier molecular flexibility index (Phi) is 9.21. The van der Waals surface area contributed by atoms with Crippen molar-refractivity contribution in [3.05, 3.63) is 0 Å². The molecular weight excluding hydrogens is 322 g/mol. The highest BCUT2D eigenvalue weighted by Crippen LogP contribution is 2.36. The normalized spacial score (nSPS) is 13.8. The lowest BCUT2D eigenvalue weighted by Gasteiger charge is -2.36. The van der Waals surface area contributed by atoms with Gasteiger partial charge in [-0.25, -0.2) is 0 Å². The number of nitrogens with zero attached hydrogens (tertiary/aromatic N) is 1. The van der Waals surface area contributed by atoms with Crippen molar-refractivity contribution in [1.82, 2.24) is 0 Å². The predicted molar refractivity (Wildman–Crippen MR) is 102 cm³/mol. The van der Waals surface area contributed by atoms with Crippen LogP contribution in [0.1, 0.15) is 60.8 Å². The zero-order chi connectivity index (χ0) is 19.0. The van der Waals surface area contributed by atoms with E-state index in [9.17, 15) is 4.79 Å². The molecule has 0 aliphatic rings. The van der Waals surface area contributed by atoms with Gasteiger partial charge in [-0.05, 0) is 37.4 Å². The van der Waals surface area contributed by atoms with Gasteiger partial charge in [0.1, 0.15) is 13.7 Å². The van der Waals surface area contributed by atoms with Crippen molar-refractivity contribution in [2.45, 2.75) is 78.9 Å². The van der Waals surface area contributed by atoms with Gasteiger partial charge >= 0.3 is 5.97 Å². The van der Waals surface area contributed by atoms with Crippen molar-refractivity contribution in [2.24, 2.45) is 10.6 Å². The molecule has 0 spiro atoms. The first kappa shape index (κ1) is 23.1. The Morgan fingerprint density at radius 3 is 2.12 bits per heavy atom. The van der Waals surface area contributed by atoms with Gasteiger partial charge in [0.2, 0.25) is 0 Å². The summed E-state index contributed by atoms with van der Waals surface area (Å²) in [6, 6.07) is 0. The van der Waals surface area contributed by atoms with Crippen LogP contribution in [0.2, 0.25) is 18.1 Å². The number of hydrogen-bond acceptors (Lipinski definition) is 5. The second kappa shape index (κ2) is 9.56. The van der Waals surface area contributed by atoms with Crippen LogP contribution < -0.4 is 0 Å². The highest BCUT2D eigenvalue weighted by Gasteiger charge is 2.36. The van der Waals surface area contributed by atoms with Crippen LogP contribution in [-0.2, 0) is 18.8 Å². The van der Waals surface area contributed by atoms with E-state index in [-0.39, 0.29) is 16.4 Å². The largest absolute Gasteiger partial charge is 0.465 e. The Hall–Kier alpha value is -0.883. The van der Waals surface area contributed by atoms with Crippen LogP contribution in [0.3, 0.4) is 0 Å². The number of ether oxygens (including phenoxy) is 1. The fraction of sp³-hybridized carbons (Fsp3) is 0.889. The van der Waals surface area contributed by atoms with Gasteiger partial charge in [-0.1, -0.05) is 39.8 Å². The van der Waals surface area contributed by atoms with Gasteiger partial charge in [0.15, 0.2) is 8.32 Å². The van der Waals surface area contributed by atoms with Crippen LogP contribution >= 0.6 is 0 Å². The second-order valence-corrected chi connectivity index (χ2v) is 13.3. The molecule has 0 amide bonds. The molecule has 0 radical (unpaired) electrons. The summed E-state index contributed by atoms with van der Waals surface area (Å²) in [5.41, 5.74) is 0.584. The summed E-state index contributed by atoms with van der Waals surface area (Å²) in [7, 11) is -0.127. The van der Waals surface area contributed by atoms with E-state index in [1.807, 2.05) is 13.8 Å². The highest BCUT2D eigenvalue weighted by molar-refractivity contribution is 6.74. The number of rotatable bonds is 10. The lowest BCUT2D eigenvalue weighted by atomic mass is 9.85. The minimum Gasteiger partial charge on any atom is -0.465 e. The highest BCUT2D eigenvalue weighted by atomic mass is 28.4. The third kappa shape index (κ3) is 8.28. The average molecular weight is 360 g/mol. The number of hydrogen-bond donors (Lipinski definition) is 0. The lowest BCUT2D eigenvalue weighted by molar-refractivity contribution is -0.142. The summed E-state index contributed by atoms with van der Waals surface area (Å²) >= 11 is 0. The molecule has 0 rings (SSSR count). The van der Waals surface area contributed by atoms with E-state index in [0.717, 1.165) is 31.6 Å². The van der Waals surface area contributed by atoms with E-state index < -0.39 is 8.32 Å². The van der Waals surface area contributed by atoms with E-state index in [1.165, 1.54) is 6.92 Å². The van der Waals surface area contributed by atoms with Gasteiger partial charge in [0.05, 0.1) is 5.71 Å². The molecule has 0 fully saturated rings. The van der Waals surface area contributed by atoms with Crippen LogP contribution in [0.4, 0.5) is 0 Å². The lowest BCUT2D eigenvalue weighted by Crippen LogP contribution is -2.41. The Morgan fingerprint density at radius 2 is 1.67 bits per heavy atom. The Balaban J connectivity index is 4.43. The molecule has 142 valence electrons. The molecule has 0 aliphatic heterocycles. The summed E-state index contributed by atoms with van der Waals surface area (Å²) in [5.74, 6) is -0.275. The van der Waals surface area contributed by atoms with Gasteiger partial charge in [-0.2, -0.15) is 0 Å².